The molecule has 1 aliphatic rings. The molecule has 3 unspecified atom stereocenters. The van der Waals surface area contributed by atoms with Gasteiger partial charge in [-0.2, -0.15) is 0 Å². The van der Waals surface area contributed by atoms with Gasteiger partial charge >= 0.3 is 0 Å². The SMILES string of the molecule is CCNC(CN(C)CC1CC1C)c1c(C)cc(C)cc1C. The van der Waals surface area contributed by atoms with Crippen LogP contribution in [0.3, 0.4) is 0 Å². The number of aryl methyl sites for hydroxylation is 3. The highest BCUT2D eigenvalue weighted by atomic mass is 15.1. The van der Waals surface area contributed by atoms with E-state index >= 15 is 0 Å². The van der Waals surface area contributed by atoms with Crippen LogP contribution in [0.2, 0.25) is 0 Å². The van der Waals surface area contributed by atoms with E-state index in [0.29, 0.717) is 6.04 Å². The van der Waals surface area contributed by atoms with Gasteiger partial charge in [-0.15, -0.1) is 0 Å². The molecule has 1 N–H and O–H groups in total. The highest BCUT2D eigenvalue weighted by molar-refractivity contribution is 5.39. The van der Waals surface area contributed by atoms with E-state index < -0.39 is 0 Å². The van der Waals surface area contributed by atoms with Gasteiger partial charge in [0.1, 0.15) is 0 Å². The van der Waals surface area contributed by atoms with E-state index in [4.69, 9.17) is 0 Å². The Hall–Kier alpha value is -0.860. The van der Waals surface area contributed by atoms with E-state index in [0.717, 1.165) is 24.9 Å². The second kappa shape index (κ2) is 6.93. The third kappa shape index (κ3) is 4.31. The Balaban J connectivity index is 2.10. The van der Waals surface area contributed by atoms with Crippen LogP contribution in [-0.4, -0.2) is 31.6 Å². The van der Waals surface area contributed by atoms with E-state index in [1.165, 1.54) is 35.2 Å². The van der Waals surface area contributed by atoms with Crippen molar-refractivity contribution in [2.75, 3.05) is 26.7 Å². The number of hydrogen-bond donors (Lipinski definition) is 1. The minimum atomic E-state index is 0.439. The first-order valence-corrected chi connectivity index (χ1v) is 8.42. The molecule has 1 aliphatic carbocycles. The molecule has 1 saturated carbocycles. The van der Waals surface area contributed by atoms with Crippen LogP contribution in [0.15, 0.2) is 12.1 Å². The van der Waals surface area contributed by atoms with Gasteiger partial charge in [-0.1, -0.05) is 31.5 Å². The second-order valence-corrected chi connectivity index (χ2v) is 7.12. The van der Waals surface area contributed by atoms with Crippen LogP contribution in [0.25, 0.3) is 0 Å². The number of nitrogens with zero attached hydrogens (tertiary/aromatic N) is 1. The Labute approximate surface area is 130 Å². The average Bonchev–Trinajstić information content (AvgIpc) is 3.03. The van der Waals surface area contributed by atoms with Crippen LogP contribution in [0, 0.1) is 32.6 Å². The Morgan fingerprint density at radius 2 is 1.81 bits per heavy atom. The number of likely N-dealkylation sites (N-methyl/N-ethyl adjacent to an activating group) is 2. The Kier molecular flexibility index (Phi) is 5.45. The maximum Gasteiger partial charge on any atom is 0.0454 e. The Bertz CT molecular complexity index is 457. The number of nitrogens with one attached hydrogen (secondary N) is 1. The molecule has 2 rings (SSSR count). The summed E-state index contributed by atoms with van der Waals surface area (Å²) in [6.45, 7) is 14.6. The first-order valence-electron chi connectivity index (χ1n) is 8.42. The molecule has 0 spiro atoms. The van der Waals surface area contributed by atoms with Gasteiger partial charge in [-0.25, -0.2) is 0 Å². The van der Waals surface area contributed by atoms with Crippen molar-refractivity contribution in [2.45, 2.75) is 47.1 Å². The summed E-state index contributed by atoms with van der Waals surface area (Å²) in [7, 11) is 2.27. The van der Waals surface area contributed by atoms with Crippen molar-refractivity contribution in [3.63, 3.8) is 0 Å². The van der Waals surface area contributed by atoms with Crippen LogP contribution in [-0.2, 0) is 0 Å². The minimum absolute atomic E-state index is 0.439. The van der Waals surface area contributed by atoms with Crippen molar-refractivity contribution in [3.8, 4) is 0 Å². The van der Waals surface area contributed by atoms with E-state index in [1.54, 1.807) is 0 Å². The van der Waals surface area contributed by atoms with Gasteiger partial charge in [-0.05, 0) is 69.3 Å². The Morgan fingerprint density at radius 3 is 2.29 bits per heavy atom. The van der Waals surface area contributed by atoms with Gasteiger partial charge in [-0.3, -0.25) is 0 Å². The molecular weight excluding hydrogens is 256 g/mol. The summed E-state index contributed by atoms with van der Waals surface area (Å²) < 4.78 is 0. The summed E-state index contributed by atoms with van der Waals surface area (Å²) in [4.78, 5) is 2.51. The molecule has 0 heterocycles. The van der Waals surface area contributed by atoms with Crippen molar-refractivity contribution in [1.29, 1.82) is 0 Å². The van der Waals surface area contributed by atoms with E-state index in [-0.39, 0.29) is 0 Å². The number of hydrogen-bond acceptors (Lipinski definition) is 2. The van der Waals surface area contributed by atoms with Gasteiger partial charge in [0.05, 0.1) is 0 Å². The maximum atomic E-state index is 3.69. The van der Waals surface area contributed by atoms with Gasteiger partial charge in [0.15, 0.2) is 0 Å². The number of rotatable bonds is 7. The molecule has 2 heteroatoms. The first-order chi connectivity index (χ1) is 9.92. The molecule has 1 aromatic carbocycles. The highest BCUT2D eigenvalue weighted by Crippen LogP contribution is 2.38. The lowest BCUT2D eigenvalue weighted by molar-refractivity contribution is 0.277. The fraction of sp³-hybridized carbons (Fsp3) is 0.684. The topological polar surface area (TPSA) is 15.3 Å². The standard InChI is InChI=1S/C19H32N2/c1-7-20-18(12-21(6)11-17-10-14(17)3)19-15(4)8-13(2)9-16(19)5/h8-9,14,17-18,20H,7,10-12H2,1-6H3. The first kappa shape index (κ1) is 16.5. The summed E-state index contributed by atoms with van der Waals surface area (Å²) >= 11 is 0. The molecule has 1 aromatic rings. The van der Waals surface area contributed by atoms with Crippen LogP contribution < -0.4 is 5.32 Å². The van der Waals surface area contributed by atoms with Crippen LogP contribution in [0.4, 0.5) is 0 Å². The van der Waals surface area contributed by atoms with Gasteiger partial charge in [0.25, 0.3) is 0 Å². The fourth-order valence-corrected chi connectivity index (χ4v) is 3.69. The molecule has 118 valence electrons. The zero-order valence-electron chi connectivity index (χ0n) is 14.7. The molecule has 0 aliphatic heterocycles. The minimum Gasteiger partial charge on any atom is -0.309 e. The summed E-state index contributed by atoms with van der Waals surface area (Å²) in [5.74, 6) is 1.87. The van der Waals surface area contributed by atoms with Crippen LogP contribution >= 0.6 is 0 Å². The molecule has 3 atom stereocenters. The lowest BCUT2D eigenvalue weighted by Gasteiger charge is -2.28. The predicted octanol–water partition coefficient (Wildman–Crippen LogP) is 3.85. The molecule has 1 fully saturated rings. The van der Waals surface area contributed by atoms with Crippen LogP contribution in [0.1, 0.15) is 48.6 Å². The lowest BCUT2D eigenvalue weighted by atomic mass is 9.93. The summed E-state index contributed by atoms with van der Waals surface area (Å²) in [6.07, 6.45) is 1.42. The van der Waals surface area contributed by atoms with Gasteiger partial charge < -0.3 is 10.2 Å². The zero-order valence-corrected chi connectivity index (χ0v) is 14.7. The maximum absolute atomic E-state index is 3.69. The highest BCUT2D eigenvalue weighted by Gasteiger charge is 2.33. The van der Waals surface area contributed by atoms with Crippen LogP contribution in [0.5, 0.6) is 0 Å². The molecule has 0 amide bonds. The third-order valence-electron chi connectivity index (χ3n) is 4.85. The zero-order chi connectivity index (χ0) is 15.6. The quantitative estimate of drug-likeness (QED) is 0.820. The molecular formula is C19H32N2. The lowest BCUT2D eigenvalue weighted by Crippen LogP contribution is -2.35. The summed E-state index contributed by atoms with van der Waals surface area (Å²) in [5, 5.41) is 3.69. The monoisotopic (exact) mass is 288 g/mol. The van der Waals surface area contributed by atoms with Crippen molar-refractivity contribution in [3.05, 3.63) is 34.4 Å². The van der Waals surface area contributed by atoms with E-state index in [2.05, 4.69) is 64.0 Å². The average molecular weight is 288 g/mol. The van der Waals surface area contributed by atoms with E-state index in [9.17, 15) is 0 Å². The smallest absolute Gasteiger partial charge is 0.0454 e. The van der Waals surface area contributed by atoms with Gasteiger partial charge in [0, 0.05) is 19.1 Å². The van der Waals surface area contributed by atoms with E-state index in [1.807, 2.05) is 0 Å². The second-order valence-electron chi connectivity index (χ2n) is 7.12. The molecule has 0 bridgehead atoms. The molecule has 21 heavy (non-hydrogen) atoms. The normalized spacial score (nSPS) is 22.6. The van der Waals surface area contributed by atoms with Crippen molar-refractivity contribution >= 4 is 0 Å². The third-order valence-corrected chi connectivity index (χ3v) is 4.85. The summed E-state index contributed by atoms with van der Waals surface area (Å²) in [6, 6.07) is 5.07. The van der Waals surface area contributed by atoms with Crippen molar-refractivity contribution < 1.29 is 0 Å². The predicted molar refractivity (Wildman–Crippen MR) is 91.8 cm³/mol. The molecule has 0 aromatic heterocycles. The fourth-order valence-electron chi connectivity index (χ4n) is 3.69. The molecule has 0 saturated heterocycles. The van der Waals surface area contributed by atoms with Gasteiger partial charge in [0.2, 0.25) is 0 Å². The van der Waals surface area contributed by atoms with Crippen molar-refractivity contribution in [1.82, 2.24) is 10.2 Å². The number of benzene rings is 1. The molecule has 0 radical (unpaired) electrons. The van der Waals surface area contributed by atoms with Crippen molar-refractivity contribution in [2.24, 2.45) is 11.8 Å². The molecule has 2 nitrogen and oxygen atoms in total. The largest absolute Gasteiger partial charge is 0.309 e. The summed E-state index contributed by atoms with van der Waals surface area (Å²) in [5.41, 5.74) is 5.71. The Morgan fingerprint density at radius 1 is 1.24 bits per heavy atom.